The highest BCUT2D eigenvalue weighted by Crippen LogP contribution is 2.23. The van der Waals surface area contributed by atoms with Gasteiger partial charge in [0.05, 0.1) is 0 Å². The molecule has 0 saturated carbocycles. The van der Waals surface area contributed by atoms with Gasteiger partial charge in [0.15, 0.2) is 0 Å². The van der Waals surface area contributed by atoms with Crippen LogP contribution in [0, 0.1) is 30.6 Å². The summed E-state index contributed by atoms with van der Waals surface area (Å²) >= 11 is 5.97. The molecule has 0 spiro atoms. The lowest BCUT2D eigenvalue weighted by Crippen LogP contribution is -2.40. The molecule has 3 aromatic rings. The van der Waals surface area contributed by atoms with Crippen molar-refractivity contribution in [3.63, 3.8) is 0 Å². The Labute approximate surface area is 202 Å². The van der Waals surface area contributed by atoms with Gasteiger partial charge in [0.25, 0.3) is 0 Å². The molecule has 33 heavy (non-hydrogen) atoms. The molecule has 1 aliphatic rings. The number of nitrogens with zero attached hydrogens (tertiary/aromatic N) is 2. The topological polar surface area (TPSA) is 25.4 Å². The molecular formula is C29H31ClN2O. The number of hydrogen-bond acceptors (Lipinski definition) is 3. The van der Waals surface area contributed by atoms with Crippen molar-refractivity contribution >= 4 is 11.6 Å². The average molecular weight is 459 g/mol. The molecule has 2 aromatic carbocycles. The summed E-state index contributed by atoms with van der Waals surface area (Å²) in [6, 6.07) is 17.9. The van der Waals surface area contributed by atoms with Gasteiger partial charge in [0.2, 0.25) is 0 Å². The Kier molecular flexibility index (Phi) is 7.70. The van der Waals surface area contributed by atoms with E-state index >= 15 is 0 Å². The predicted molar refractivity (Wildman–Crippen MR) is 137 cm³/mol. The van der Waals surface area contributed by atoms with Crippen molar-refractivity contribution in [3.8, 4) is 28.7 Å². The number of ether oxygens (including phenoxy) is 1. The molecule has 0 radical (unpaired) electrons. The lowest BCUT2D eigenvalue weighted by Gasteiger charge is -2.34. The largest absolute Gasteiger partial charge is 0.492 e. The number of likely N-dealkylation sites (tertiary alicyclic amines) is 1. The van der Waals surface area contributed by atoms with Gasteiger partial charge in [-0.25, -0.2) is 4.98 Å². The zero-order valence-corrected chi connectivity index (χ0v) is 20.4. The number of rotatable bonds is 5. The molecule has 2 unspecified atom stereocenters. The van der Waals surface area contributed by atoms with Gasteiger partial charge in [-0.3, -0.25) is 4.90 Å². The van der Waals surface area contributed by atoms with Crippen LogP contribution in [-0.4, -0.2) is 36.1 Å². The van der Waals surface area contributed by atoms with Gasteiger partial charge < -0.3 is 4.74 Å². The Morgan fingerprint density at radius 2 is 1.70 bits per heavy atom. The molecule has 1 fully saturated rings. The van der Waals surface area contributed by atoms with Gasteiger partial charge in [-0.15, -0.1) is 0 Å². The zero-order valence-electron chi connectivity index (χ0n) is 19.6. The third-order valence-corrected chi connectivity index (χ3v) is 6.31. The van der Waals surface area contributed by atoms with E-state index in [2.05, 4.69) is 48.6 Å². The van der Waals surface area contributed by atoms with E-state index < -0.39 is 0 Å². The van der Waals surface area contributed by atoms with Crippen LogP contribution < -0.4 is 4.74 Å². The fourth-order valence-corrected chi connectivity index (χ4v) is 4.69. The van der Waals surface area contributed by atoms with Crippen molar-refractivity contribution in [1.82, 2.24) is 9.88 Å². The zero-order chi connectivity index (χ0) is 23.2. The first-order valence-electron chi connectivity index (χ1n) is 11.7. The molecule has 2 heterocycles. The Bertz CT molecular complexity index is 1120. The van der Waals surface area contributed by atoms with Crippen molar-refractivity contribution in [2.75, 3.05) is 26.2 Å². The summed E-state index contributed by atoms with van der Waals surface area (Å²) in [5.74, 6) is 8.86. The number of benzene rings is 2. The number of aryl methyl sites for hydroxylation is 1. The minimum Gasteiger partial charge on any atom is -0.492 e. The second kappa shape index (κ2) is 10.9. The lowest BCUT2D eigenvalue weighted by atomic mass is 9.92. The van der Waals surface area contributed by atoms with Gasteiger partial charge in [-0.05, 0) is 78.6 Å². The molecule has 3 nitrogen and oxygen atoms in total. The summed E-state index contributed by atoms with van der Waals surface area (Å²) in [5.41, 5.74) is 4.94. The average Bonchev–Trinajstić information content (AvgIpc) is 2.79. The summed E-state index contributed by atoms with van der Waals surface area (Å²) in [5, 5.41) is 0.729. The predicted octanol–water partition coefficient (Wildman–Crippen LogP) is 6.47. The summed E-state index contributed by atoms with van der Waals surface area (Å²) < 4.78 is 6.08. The minimum absolute atomic E-state index is 0.717. The van der Waals surface area contributed by atoms with E-state index in [4.69, 9.17) is 16.3 Å². The Hall–Kier alpha value is -2.80. The van der Waals surface area contributed by atoms with Crippen molar-refractivity contribution in [1.29, 1.82) is 0 Å². The summed E-state index contributed by atoms with van der Waals surface area (Å²) in [6.45, 7) is 10.8. The molecule has 1 aliphatic heterocycles. The molecule has 1 aromatic heterocycles. The number of aromatic nitrogens is 1. The highest BCUT2D eigenvalue weighted by atomic mass is 35.5. The summed E-state index contributed by atoms with van der Waals surface area (Å²) in [4.78, 5) is 7.02. The van der Waals surface area contributed by atoms with E-state index in [1.165, 1.54) is 19.5 Å². The van der Waals surface area contributed by atoms with E-state index in [-0.39, 0.29) is 0 Å². The van der Waals surface area contributed by atoms with Crippen molar-refractivity contribution in [3.05, 3.63) is 82.6 Å². The molecule has 2 atom stereocenters. The lowest BCUT2D eigenvalue weighted by molar-refractivity contribution is 0.120. The molecule has 170 valence electrons. The van der Waals surface area contributed by atoms with Crippen LogP contribution in [-0.2, 0) is 0 Å². The summed E-state index contributed by atoms with van der Waals surface area (Å²) in [6.07, 6.45) is 3.18. The Balaban J connectivity index is 1.33. The quantitative estimate of drug-likeness (QED) is 0.410. The van der Waals surface area contributed by atoms with E-state index in [1.807, 2.05) is 54.7 Å². The standard InChI is InChI=1S/C29H31ClN2O/c1-21-16-22(2)20-32(19-21)14-15-33-29-13-5-24(17-23(29)3)4-11-28-12-8-26(18-31-28)25-6-9-27(30)10-7-25/h5-10,12-13,17-18,21-22H,14-16,19-20H2,1-3H3. The van der Waals surface area contributed by atoms with Gasteiger partial charge >= 0.3 is 0 Å². The fourth-order valence-electron chi connectivity index (χ4n) is 4.57. The number of pyridine rings is 1. The molecule has 0 aliphatic carbocycles. The maximum atomic E-state index is 6.08. The van der Waals surface area contributed by atoms with Crippen LogP contribution in [0.15, 0.2) is 60.8 Å². The van der Waals surface area contributed by atoms with Crippen LogP contribution in [0.25, 0.3) is 11.1 Å². The Morgan fingerprint density at radius 1 is 0.970 bits per heavy atom. The minimum atomic E-state index is 0.717. The molecule has 1 saturated heterocycles. The van der Waals surface area contributed by atoms with Crippen LogP contribution in [0.5, 0.6) is 5.75 Å². The smallest absolute Gasteiger partial charge is 0.122 e. The second-order valence-electron chi connectivity index (χ2n) is 9.22. The van der Waals surface area contributed by atoms with E-state index in [0.29, 0.717) is 0 Å². The van der Waals surface area contributed by atoms with Crippen LogP contribution >= 0.6 is 11.6 Å². The highest BCUT2D eigenvalue weighted by Gasteiger charge is 2.21. The maximum Gasteiger partial charge on any atom is 0.122 e. The van der Waals surface area contributed by atoms with E-state index in [1.54, 1.807) is 0 Å². The summed E-state index contributed by atoms with van der Waals surface area (Å²) in [7, 11) is 0. The molecule has 0 amide bonds. The first-order valence-corrected chi connectivity index (χ1v) is 12.0. The first kappa shape index (κ1) is 23.4. The number of piperidine rings is 1. The van der Waals surface area contributed by atoms with Crippen LogP contribution in [0.4, 0.5) is 0 Å². The normalized spacial score (nSPS) is 18.4. The van der Waals surface area contributed by atoms with Crippen LogP contribution in [0.1, 0.15) is 37.1 Å². The van der Waals surface area contributed by atoms with E-state index in [0.717, 1.165) is 63.7 Å². The first-order chi connectivity index (χ1) is 16.0. The van der Waals surface area contributed by atoms with Crippen molar-refractivity contribution in [2.24, 2.45) is 11.8 Å². The number of halogens is 1. The second-order valence-corrected chi connectivity index (χ2v) is 9.66. The van der Waals surface area contributed by atoms with Crippen molar-refractivity contribution in [2.45, 2.75) is 27.2 Å². The van der Waals surface area contributed by atoms with Gasteiger partial charge in [0, 0.05) is 42.0 Å². The highest BCUT2D eigenvalue weighted by molar-refractivity contribution is 6.30. The Morgan fingerprint density at radius 3 is 2.36 bits per heavy atom. The van der Waals surface area contributed by atoms with Gasteiger partial charge in [-0.2, -0.15) is 0 Å². The monoisotopic (exact) mass is 458 g/mol. The van der Waals surface area contributed by atoms with E-state index in [9.17, 15) is 0 Å². The molecule has 4 heteroatoms. The molecule has 0 bridgehead atoms. The van der Waals surface area contributed by atoms with Gasteiger partial charge in [0.1, 0.15) is 18.1 Å². The van der Waals surface area contributed by atoms with Crippen LogP contribution in [0.3, 0.4) is 0 Å². The van der Waals surface area contributed by atoms with Crippen LogP contribution in [0.2, 0.25) is 5.02 Å². The third kappa shape index (κ3) is 6.60. The maximum absolute atomic E-state index is 6.08. The molecular weight excluding hydrogens is 428 g/mol. The number of hydrogen-bond donors (Lipinski definition) is 0. The fraction of sp³-hybridized carbons (Fsp3) is 0.345. The van der Waals surface area contributed by atoms with Crippen molar-refractivity contribution < 1.29 is 4.74 Å². The molecule has 0 N–H and O–H groups in total. The third-order valence-electron chi connectivity index (χ3n) is 6.06. The molecule has 4 rings (SSSR count). The SMILES string of the molecule is Cc1cc(C#Cc2ccc(-c3ccc(Cl)cc3)cn2)ccc1OCCN1CC(C)CC(C)C1. The van der Waals surface area contributed by atoms with Gasteiger partial charge in [-0.1, -0.05) is 49.6 Å².